The molecule has 0 aliphatic carbocycles. The maximum absolute atomic E-state index is 11.3. The zero-order valence-electron chi connectivity index (χ0n) is 23.1. The summed E-state index contributed by atoms with van der Waals surface area (Å²) in [6.45, 7) is 2.49. The van der Waals surface area contributed by atoms with Crippen LogP contribution >= 0.6 is 0 Å². The van der Waals surface area contributed by atoms with Crippen LogP contribution in [0.25, 0.3) is 33.4 Å². The van der Waals surface area contributed by atoms with Gasteiger partial charge in [-0.05, 0) is 41.3 Å². The highest BCUT2D eigenvalue weighted by Crippen LogP contribution is 2.40. The lowest BCUT2D eigenvalue weighted by Crippen LogP contribution is -2.27. The summed E-state index contributed by atoms with van der Waals surface area (Å²) in [6.07, 6.45) is 0.898. The summed E-state index contributed by atoms with van der Waals surface area (Å²) in [4.78, 5) is 4.97. The molecular weight excluding hydrogens is 508 g/mol. The number of methoxy groups -OCH3 is 1. The van der Waals surface area contributed by atoms with Gasteiger partial charge in [-0.3, -0.25) is 5.41 Å². The van der Waals surface area contributed by atoms with Crippen molar-refractivity contribution < 1.29 is 9.84 Å². The van der Waals surface area contributed by atoms with E-state index in [-0.39, 0.29) is 0 Å². The highest BCUT2D eigenvalue weighted by molar-refractivity contribution is 6.02. The van der Waals surface area contributed by atoms with Crippen molar-refractivity contribution in [3.8, 4) is 28.1 Å². The number of hydrogen-bond donors (Lipinski definition) is 2. The number of aliphatic hydroxyl groups is 1. The number of aliphatic hydroxyl groups excluding tert-OH is 1. The van der Waals surface area contributed by atoms with Gasteiger partial charge in [-0.15, -0.1) is 0 Å². The van der Waals surface area contributed by atoms with Gasteiger partial charge in [0.25, 0.3) is 0 Å². The SMILES string of the molecule is COc1ccc(Cn2c(-c3ccccc3)c(-c3ccccc3)c3c(=N)n([C@H](C)[C@@H](O)c4ccccc4)cnc32)cc1. The molecule has 4 aromatic carbocycles. The zero-order chi connectivity index (χ0) is 28.3. The van der Waals surface area contributed by atoms with E-state index in [1.54, 1.807) is 18.0 Å². The van der Waals surface area contributed by atoms with Crippen molar-refractivity contribution in [3.63, 3.8) is 0 Å². The van der Waals surface area contributed by atoms with Gasteiger partial charge in [0.15, 0.2) is 0 Å². The van der Waals surface area contributed by atoms with Gasteiger partial charge >= 0.3 is 0 Å². The third-order valence-corrected chi connectivity index (χ3v) is 7.68. The predicted molar refractivity (Wildman–Crippen MR) is 163 cm³/mol. The Hall–Kier alpha value is -4.94. The Morgan fingerprint density at radius 3 is 2.00 bits per heavy atom. The van der Waals surface area contributed by atoms with Crippen molar-refractivity contribution in [1.29, 1.82) is 5.41 Å². The fourth-order valence-electron chi connectivity index (χ4n) is 5.51. The van der Waals surface area contributed by atoms with Gasteiger partial charge in [-0.1, -0.05) is 103 Å². The van der Waals surface area contributed by atoms with Crippen LogP contribution in [0.5, 0.6) is 5.75 Å². The Bertz CT molecular complexity index is 1830. The van der Waals surface area contributed by atoms with E-state index in [1.165, 1.54) is 0 Å². The first-order chi connectivity index (χ1) is 20.1. The lowest BCUT2D eigenvalue weighted by Gasteiger charge is -2.22. The third-order valence-electron chi connectivity index (χ3n) is 7.68. The van der Waals surface area contributed by atoms with Gasteiger partial charge in [0.1, 0.15) is 16.9 Å². The number of benzene rings is 4. The Morgan fingerprint density at radius 2 is 1.39 bits per heavy atom. The van der Waals surface area contributed by atoms with Crippen LogP contribution in [0.1, 0.15) is 30.2 Å². The van der Waals surface area contributed by atoms with Crippen molar-refractivity contribution in [2.45, 2.75) is 25.6 Å². The summed E-state index contributed by atoms with van der Waals surface area (Å²) in [7, 11) is 1.67. The number of nitrogens with zero attached hydrogens (tertiary/aromatic N) is 3. The van der Waals surface area contributed by atoms with Crippen molar-refractivity contribution in [2.24, 2.45) is 0 Å². The van der Waals surface area contributed by atoms with E-state index in [9.17, 15) is 10.5 Å². The van der Waals surface area contributed by atoms with E-state index >= 15 is 0 Å². The molecule has 0 aliphatic rings. The molecule has 0 saturated heterocycles. The summed E-state index contributed by atoms with van der Waals surface area (Å²) in [6, 6.07) is 37.7. The third kappa shape index (κ3) is 4.94. The van der Waals surface area contributed by atoms with E-state index in [2.05, 4.69) is 41.0 Å². The molecule has 2 heterocycles. The van der Waals surface area contributed by atoms with Gasteiger partial charge < -0.3 is 19.0 Å². The van der Waals surface area contributed by atoms with Crippen molar-refractivity contribution >= 4 is 11.0 Å². The number of hydrogen-bond acceptors (Lipinski definition) is 4. The van der Waals surface area contributed by atoms with E-state index in [0.717, 1.165) is 50.3 Å². The minimum absolute atomic E-state index is 0.307. The standard InChI is InChI=1S/C35H32N4O2/c1-24(33(40)28-16-10-5-11-17-28)39-23-37-35-31(34(39)36)30(26-12-6-3-7-13-26)32(27-14-8-4-9-15-27)38(35)22-25-18-20-29(41-2)21-19-25/h3-21,23-24,33,36,40H,22H2,1-2H3/t24-,33-/m1/s1. The highest BCUT2D eigenvalue weighted by atomic mass is 16.5. The van der Waals surface area contributed by atoms with Crippen molar-refractivity contribution in [1.82, 2.24) is 14.1 Å². The average Bonchev–Trinajstić information content (AvgIpc) is 3.36. The lowest BCUT2D eigenvalue weighted by atomic mass is 9.98. The van der Waals surface area contributed by atoms with Crippen LogP contribution in [-0.4, -0.2) is 26.3 Å². The van der Waals surface area contributed by atoms with Crippen LogP contribution in [0.3, 0.4) is 0 Å². The van der Waals surface area contributed by atoms with E-state index < -0.39 is 12.1 Å². The second-order valence-electron chi connectivity index (χ2n) is 10.2. The van der Waals surface area contributed by atoms with E-state index in [4.69, 9.17) is 9.72 Å². The summed E-state index contributed by atoms with van der Waals surface area (Å²) in [5, 5.41) is 21.5. The largest absolute Gasteiger partial charge is 0.497 e. The Kier molecular flexibility index (Phi) is 7.23. The van der Waals surface area contributed by atoms with Crippen molar-refractivity contribution in [3.05, 3.63) is 138 Å². The second-order valence-corrected chi connectivity index (χ2v) is 10.2. The van der Waals surface area contributed by atoms with Gasteiger partial charge in [0, 0.05) is 12.1 Å². The van der Waals surface area contributed by atoms with Gasteiger partial charge in [0.05, 0.1) is 36.7 Å². The molecule has 0 radical (unpaired) electrons. The smallest absolute Gasteiger partial charge is 0.146 e. The van der Waals surface area contributed by atoms with Gasteiger partial charge in [0.2, 0.25) is 0 Å². The molecule has 6 nitrogen and oxygen atoms in total. The van der Waals surface area contributed by atoms with Gasteiger partial charge in [-0.2, -0.15) is 0 Å². The highest BCUT2D eigenvalue weighted by Gasteiger charge is 2.26. The molecule has 0 fully saturated rings. The molecule has 0 aliphatic heterocycles. The molecule has 6 heteroatoms. The first-order valence-corrected chi connectivity index (χ1v) is 13.7. The quantitative estimate of drug-likeness (QED) is 0.218. The zero-order valence-corrected chi connectivity index (χ0v) is 23.1. The molecule has 2 aromatic heterocycles. The normalized spacial score (nSPS) is 12.8. The molecule has 2 N–H and O–H groups in total. The maximum Gasteiger partial charge on any atom is 0.146 e. The van der Waals surface area contributed by atoms with E-state index in [0.29, 0.717) is 12.0 Å². The summed E-state index contributed by atoms with van der Waals surface area (Å²) >= 11 is 0. The number of rotatable bonds is 8. The second kappa shape index (κ2) is 11.3. The number of aromatic nitrogens is 3. The molecule has 0 unspecified atom stereocenters. The molecule has 0 bridgehead atoms. The van der Waals surface area contributed by atoms with Crippen LogP contribution in [0.4, 0.5) is 0 Å². The minimum Gasteiger partial charge on any atom is -0.497 e. The topological polar surface area (TPSA) is 76.1 Å². The molecule has 0 spiro atoms. The van der Waals surface area contributed by atoms with Gasteiger partial charge in [-0.25, -0.2) is 4.98 Å². The molecule has 6 aromatic rings. The molecule has 0 saturated carbocycles. The monoisotopic (exact) mass is 540 g/mol. The number of nitrogens with one attached hydrogen (secondary N) is 1. The molecule has 2 atom stereocenters. The van der Waals surface area contributed by atoms with Crippen LogP contribution in [-0.2, 0) is 6.54 Å². The van der Waals surface area contributed by atoms with Crippen LogP contribution in [0, 0.1) is 5.41 Å². The Morgan fingerprint density at radius 1 is 0.805 bits per heavy atom. The molecule has 6 rings (SSSR count). The molecule has 41 heavy (non-hydrogen) atoms. The Balaban J connectivity index is 1.62. The minimum atomic E-state index is -0.792. The average molecular weight is 541 g/mol. The molecule has 204 valence electrons. The summed E-state index contributed by atoms with van der Waals surface area (Å²) < 4.78 is 9.36. The fourth-order valence-corrected chi connectivity index (χ4v) is 5.51. The summed E-state index contributed by atoms with van der Waals surface area (Å²) in [5.41, 5.74) is 6.93. The first kappa shape index (κ1) is 26.3. The molecule has 0 amide bonds. The first-order valence-electron chi connectivity index (χ1n) is 13.7. The summed E-state index contributed by atoms with van der Waals surface area (Å²) in [5.74, 6) is 0.804. The number of ether oxygens (including phenoxy) is 1. The Labute approximate surface area is 239 Å². The fraction of sp³-hybridized carbons (Fsp3) is 0.143. The predicted octanol–water partition coefficient (Wildman–Crippen LogP) is 7.00. The molecular formula is C35H32N4O2. The van der Waals surface area contributed by atoms with Crippen LogP contribution in [0.2, 0.25) is 0 Å². The van der Waals surface area contributed by atoms with Crippen LogP contribution < -0.4 is 10.2 Å². The lowest BCUT2D eigenvalue weighted by molar-refractivity contribution is 0.119. The maximum atomic E-state index is 11.3. The van der Waals surface area contributed by atoms with Crippen LogP contribution in [0.15, 0.2) is 122 Å². The van der Waals surface area contributed by atoms with Crippen molar-refractivity contribution in [2.75, 3.05) is 7.11 Å². The van der Waals surface area contributed by atoms with E-state index in [1.807, 2.05) is 85.8 Å². The number of fused-ring (bicyclic) bond motifs is 1.